The van der Waals surface area contributed by atoms with Crippen molar-refractivity contribution < 1.29 is 9.90 Å². The maximum atomic E-state index is 11.5. The molecule has 6 nitrogen and oxygen atoms in total. The van der Waals surface area contributed by atoms with Crippen molar-refractivity contribution in [3.05, 3.63) is 58.8 Å². The predicted molar refractivity (Wildman–Crippen MR) is 104 cm³/mol. The first-order valence-corrected chi connectivity index (χ1v) is 9.36. The SMILES string of the molecule is CN1CCc2c(c3cc(Cl)ccc3n2CC(CC(=O)O)c2ccncn2)C1. The second-order valence-corrected chi connectivity index (χ2v) is 7.55. The summed E-state index contributed by atoms with van der Waals surface area (Å²) in [6.45, 7) is 2.42. The predicted octanol–water partition coefficient (Wildman–Crippen LogP) is 3.33. The second kappa shape index (κ2) is 7.29. The number of likely N-dealkylation sites (N-methyl/N-ethyl adjacent to an activating group) is 1. The number of carbonyl (C=O) groups is 1. The number of hydrogen-bond acceptors (Lipinski definition) is 4. The van der Waals surface area contributed by atoms with E-state index in [4.69, 9.17) is 11.6 Å². The van der Waals surface area contributed by atoms with Crippen LogP contribution >= 0.6 is 11.6 Å². The minimum atomic E-state index is -0.827. The summed E-state index contributed by atoms with van der Waals surface area (Å²) >= 11 is 6.26. The van der Waals surface area contributed by atoms with Gasteiger partial charge in [-0.05, 0) is 36.9 Å². The molecule has 0 aliphatic carbocycles. The first-order valence-electron chi connectivity index (χ1n) is 8.98. The minimum Gasteiger partial charge on any atom is -0.481 e. The van der Waals surface area contributed by atoms with Gasteiger partial charge in [0.2, 0.25) is 0 Å². The largest absolute Gasteiger partial charge is 0.481 e. The van der Waals surface area contributed by atoms with E-state index in [0.717, 1.165) is 36.1 Å². The van der Waals surface area contributed by atoms with Crippen molar-refractivity contribution in [1.29, 1.82) is 0 Å². The molecule has 0 amide bonds. The Balaban J connectivity index is 1.81. The van der Waals surface area contributed by atoms with Crippen molar-refractivity contribution in [2.45, 2.75) is 31.8 Å². The summed E-state index contributed by atoms with van der Waals surface area (Å²) in [5.74, 6) is -1.05. The van der Waals surface area contributed by atoms with E-state index in [1.165, 1.54) is 17.6 Å². The van der Waals surface area contributed by atoms with Gasteiger partial charge in [-0.25, -0.2) is 9.97 Å². The molecule has 0 saturated heterocycles. The highest BCUT2D eigenvalue weighted by molar-refractivity contribution is 6.31. The van der Waals surface area contributed by atoms with Crippen LogP contribution in [0.15, 0.2) is 36.8 Å². The fourth-order valence-corrected chi connectivity index (χ4v) is 4.17. The monoisotopic (exact) mass is 384 g/mol. The second-order valence-electron chi connectivity index (χ2n) is 7.11. The average molecular weight is 385 g/mol. The highest BCUT2D eigenvalue weighted by Crippen LogP contribution is 2.34. The van der Waals surface area contributed by atoms with Crippen molar-refractivity contribution >= 4 is 28.5 Å². The molecule has 0 bridgehead atoms. The molecule has 3 aromatic rings. The van der Waals surface area contributed by atoms with Crippen LogP contribution < -0.4 is 0 Å². The molecule has 2 aromatic heterocycles. The lowest BCUT2D eigenvalue weighted by molar-refractivity contribution is -0.137. The average Bonchev–Trinajstić information content (AvgIpc) is 2.94. The zero-order chi connectivity index (χ0) is 19.0. The summed E-state index contributed by atoms with van der Waals surface area (Å²) in [5.41, 5.74) is 4.42. The van der Waals surface area contributed by atoms with Gasteiger partial charge in [0.25, 0.3) is 0 Å². The van der Waals surface area contributed by atoms with Gasteiger partial charge >= 0.3 is 5.97 Å². The van der Waals surface area contributed by atoms with Crippen LogP contribution in [0.2, 0.25) is 5.02 Å². The Hall–Kier alpha value is -2.44. The summed E-state index contributed by atoms with van der Waals surface area (Å²) in [4.78, 5) is 22.0. The van der Waals surface area contributed by atoms with Crippen molar-refractivity contribution in [3.8, 4) is 0 Å². The molecule has 4 rings (SSSR count). The number of carboxylic acids is 1. The lowest BCUT2D eigenvalue weighted by Crippen LogP contribution is -2.28. The van der Waals surface area contributed by atoms with Crippen molar-refractivity contribution in [3.63, 3.8) is 0 Å². The molecule has 7 heteroatoms. The third kappa shape index (κ3) is 3.55. The van der Waals surface area contributed by atoms with Gasteiger partial charge in [-0.3, -0.25) is 4.79 Å². The van der Waals surface area contributed by atoms with Gasteiger partial charge in [0.05, 0.1) is 6.42 Å². The molecule has 1 atom stereocenters. The van der Waals surface area contributed by atoms with E-state index in [1.807, 2.05) is 18.2 Å². The minimum absolute atomic E-state index is 0.0267. The Bertz CT molecular complexity index is 987. The lowest BCUT2D eigenvalue weighted by Gasteiger charge is -2.25. The van der Waals surface area contributed by atoms with E-state index >= 15 is 0 Å². The number of aromatic nitrogens is 3. The quantitative estimate of drug-likeness (QED) is 0.730. The van der Waals surface area contributed by atoms with Gasteiger partial charge in [-0.1, -0.05) is 11.6 Å². The Labute approximate surface area is 162 Å². The standard InChI is InChI=1S/C20H21ClN4O2/c1-24-7-5-19-16(11-24)15-9-14(21)2-3-18(15)25(19)10-13(8-20(26)27)17-4-6-22-12-23-17/h2-4,6,9,12-13H,5,7-8,10-11H2,1H3,(H,26,27). The normalized spacial score (nSPS) is 15.6. The summed E-state index contributed by atoms with van der Waals surface area (Å²) in [5, 5.41) is 11.3. The molecule has 0 saturated carbocycles. The number of benzene rings is 1. The van der Waals surface area contributed by atoms with E-state index in [1.54, 1.807) is 12.3 Å². The first-order chi connectivity index (χ1) is 13.0. The van der Waals surface area contributed by atoms with Crippen molar-refractivity contribution in [2.24, 2.45) is 0 Å². The molecule has 0 spiro atoms. The number of aliphatic carboxylic acids is 1. The summed E-state index contributed by atoms with van der Waals surface area (Å²) in [6, 6.07) is 7.75. The summed E-state index contributed by atoms with van der Waals surface area (Å²) in [6.07, 6.45) is 4.10. The fraction of sp³-hybridized carbons (Fsp3) is 0.350. The molecule has 1 aromatic carbocycles. The van der Waals surface area contributed by atoms with Crippen LogP contribution in [0, 0.1) is 0 Å². The number of nitrogens with zero attached hydrogens (tertiary/aromatic N) is 4. The maximum absolute atomic E-state index is 11.5. The van der Waals surface area contributed by atoms with Crippen LogP contribution in [0.4, 0.5) is 0 Å². The molecule has 27 heavy (non-hydrogen) atoms. The highest BCUT2D eigenvalue weighted by Gasteiger charge is 2.26. The van der Waals surface area contributed by atoms with E-state index in [-0.39, 0.29) is 12.3 Å². The lowest BCUT2D eigenvalue weighted by atomic mass is 10.0. The number of halogens is 1. The van der Waals surface area contributed by atoms with Crippen LogP contribution in [0.3, 0.4) is 0 Å². The highest BCUT2D eigenvalue weighted by atomic mass is 35.5. The van der Waals surface area contributed by atoms with Gasteiger partial charge in [0.1, 0.15) is 6.33 Å². The van der Waals surface area contributed by atoms with E-state index in [0.29, 0.717) is 11.6 Å². The van der Waals surface area contributed by atoms with Gasteiger partial charge < -0.3 is 14.6 Å². The van der Waals surface area contributed by atoms with Gasteiger partial charge in [0.15, 0.2) is 0 Å². The maximum Gasteiger partial charge on any atom is 0.304 e. The Kier molecular flexibility index (Phi) is 4.85. The Morgan fingerprint density at radius 3 is 2.96 bits per heavy atom. The molecular formula is C20H21ClN4O2. The summed E-state index contributed by atoms with van der Waals surface area (Å²) < 4.78 is 2.27. The number of carboxylic acid groups (broad SMARTS) is 1. The van der Waals surface area contributed by atoms with E-state index in [9.17, 15) is 9.90 Å². The Morgan fingerprint density at radius 2 is 2.22 bits per heavy atom. The first kappa shape index (κ1) is 17.9. The van der Waals surface area contributed by atoms with Crippen LogP contribution in [-0.2, 0) is 24.3 Å². The third-order valence-electron chi connectivity index (χ3n) is 5.25. The molecule has 140 valence electrons. The van der Waals surface area contributed by atoms with Gasteiger partial charge in [0, 0.05) is 65.5 Å². The van der Waals surface area contributed by atoms with E-state index < -0.39 is 5.97 Å². The zero-order valence-electron chi connectivity index (χ0n) is 15.1. The Morgan fingerprint density at radius 1 is 1.37 bits per heavy atom. The fourth-order valence-electron chi connectivity index (χ4n) is 4.00. The molecule has 1 unspecified atom stereocenters. The molecule has 0 radical (unpaired) electrons. The van der Waals surface area contributed by atoms with Crippen LogP contribution in [0.1, 0.15) is 29.3 Å². The van der Waals surface area contributed by atoms with Crippen molar-refractivity contribution in [2.75, 3.05) is 13.6 Å². The smallest absolute Gasteiger partial charge is 0.304 e. The number of hydrogen-bond donors (Lipinski definition) is 1. The van der Waals surface area contributed by atoms with E-state index in [2.05, 4.69) is 26.5 Å². The van der Waals surface area contributed by atoms with Gasteiger partial charge in [-0.15, -0.1) is 0 Å². The van der Waals surface area contributed by atoms with Crippen molar-refractivity contribution in [1.82, 2.24) is 19.4 Å². The van der Waals surface area contributed by atoms with Crippen LogP contribution in [0.25, 0.3) is 10.9 Å². The number of fused-ring (bicyclic) bond motifs is 3. The summed E-state index contributed by atoms with van der Waals surface area (Å²) in [7, 11) is 2.12. The molecule has 3 heterocycles. The molecule has 1 aliphatic rings. The van der Waals surface area contributed by atoms with Crippen LogP contribution in [-0.4, -0.2) is 44.1 Å². The molecule has 1 aliphatic heterocycles. The van der Waals surface area contributed by atoms with Crippen LogP contribution in [0.5, 0.6) is 0 Å². The third-order valence-corrected chi connectivity index (χ3v) is 5.49. The topological polar surface area (TPSA) is 71.2 Å². The zero-order valence-corrected chi connectivity index (χ0v) is 15.9. The molecular weight excluding hydrogens is 364 g/mol. The van der Waals surface area contributed by atoms with Gasteiger partial charge in [-0.2, -0.15) is 0 Å². The molecule has 0 fully saturated rings. The number of rotatable bonds is 5. The molecule has 1 N–H and O–H groups in total.